The van der Waals surface area contributed by atoms with E-state index < -0.39 is 0 Å². The predicted molar refractivity (Wildman–Crippen MR) is 83.7 cm³/mol. The van der Waals surface area contributed by atoms with Gasteiger partial charge in [-0.3, -0.25) is 4.90 Å². The lowest BCUT2D eigenvalue weighted by Crippen LogP contribution is -2.38. The van der Waals surface area contributed by atoms with Crippen LogP contribution in [0, 0.1) is 0 Å². The van der Waals surface area contributed by atoms with Gasteiger partial charge in [0.1, 0.15) is 0 Å². The Morgan fingerprint density at radius 3 is 2.57 bits per heavy atom. The molecular weight excluding hydrogens is 264 g/mol. The maximum absolute atomic E-state index is 5.99. The van der Waals surface area contributed by atoms with Gasteiger partial charge in [0.05, 0.1) is 13.2 Å². The number of hydrogen-bond acceptors (Lipinski definition) is 4. The number of benzene rings is 1. The van der Waals surface area contributed by atoms with Crippen molar-refractivity contribution in [3.63, 3.8) is 0 Å². The largest absolute Gasteiger partial charge is 0.490 e. The summed E-state index contributed by atoms with van der Waals surface area (Å²) in [6.07, 6.45) is 5.67. The van der Waals surface area contributed by atoms with E-state index in [0.29, 0.717) is 12.1 Å². The lowest BCUT2D eigenvalue weighted by molar-refractivity contribution is 0.176. The molecule has 1 aliphatic heterocycles. The molecule has 21 heavy (non-hydrogen) atoms. The van der Waals surface area contributed by atoms with Crippen molar-refractivity contribution in [3.05, 3.63) is 23.8 Å². The summed E-state index contributed by atoms with van der Waals surface area (Å²) in [5.41, 5.74) is 7.28. The summed E-state index contributed by atoms with van der Waals surface area (Å²) < 4.78 is 11.5. The van der Waals surface area contributed by atoms with Crippen LogP contribution in [0.1, 0.15) is 37.7 Å². The molecular formula is C17H26N2O2. The highest BCUT2D eigenvalue weighted by Crippen LogP contribution is 2.31. The minimum Gasteiger partial charge on any atom is -0.490 e. The first-order valence-corrected chi connectivity index (χ1v) is 8.07. The average molecular weight is 290 g/mol. The number of ether oxygens (including phenoxy) is 2. The third-order valence-corrected chi connectivity index (χ3v) is 4.61. The van der Waals surface area contributed by atoms with Crippen molar-refractivity contribution in [3.8, 4) is 11.5 Å². The third kappa shape index (κ3) is 3.69. The van der Waals surface area contributed by atoms with Gasteiger partial charge in [-0.15, -0.1) is 0 Å². The molecule has 0 bridgehead atoms. The van der Waals surface area contributed by atoms with E-state index in [2.05, 4.69) is 24.1 Å². The van der Waals surface area contributed by atoms with E-state index in [9.17, 15) is 0 Å². The Morgan fingerprint density at radius 2 is 1.81 bits per heavy atom. The molecule has 1 aromatic carbocycles. The highest BCUT2D eigenvalue weighted by Gasteiger charge is 2.22. The first-order chi connectivity index (χ1) is 10.2. The first kappa shape index (κ1) is 14.7. The molecule has 2 aliphatic rings. The number of fused-ring (bicyclic) bond motifs is 1. The summed E-state index contributed by atoms with van der Waals surface area (Å²) in [6.45, 7) is 2.44. The van der Waals surface area contributed by atoms with Gasteiger partial charge in [0.2, 0.25) is 0 Å². The molecule has 0 spiro atoms. The minimum atomic E-state index is 0.410. The molecule has 1 heterocycles. The Bertz CT molecular complexity index is 470. The fraction of sp³-hybridized carbons (Fsp3) is 0.647. The molecule has 1 saturated carbocycles. The predicted octanol–water partition coefficient (Wildman–Crippen LogP) is 2.55. The van der Waals surface area contributed by atoms with E-state index in [1.165, 1.54) is 18.4 Å². The summed E-state index contributed by atoms with van der Waals surface area (Å²) in [7, 11) is 2.21. The monoisotopic (exact) mass is 290 g/mol. The van der Waals surface area contributed by atoms with Crippen LogP contribution in [0.5, 0.6) is 11.5 Å². The van der Waals surface area contributed by atoms with E-state index in [0.717, 1.165) is 50.5 Å². The van der Waals surface area contributed by atoms with Crippen molar-refractivity contribution in [2.24, 2.45) is 5.73 Å². The molecule has 3 rings (SSSR count). The number of rotatable bonds is 3. The van der Waals surface area contributed by atoms with Crippen molar-refractivity contribution in [2.45, 2.75) is 50.7 Å². The zero-order valence-corrected chi connectivity index (χ0v) is 12.9. The van der Waals surface area contributed by atoms with Crippen molar-refractivity contribution in [1.29, 1.82) is 0 Å². The maximum atomic E-state index is 5.99. The Balaban J connectivity index is 1.63. The normalized spacial score (nSPS) is 25.7. The van der Waals surface area contributed by atoms with Crippen LogP contribution >= 0.6 is 0 Å². The van der Waals surface area contributed by atoms with Crippen molar-refractivity contribution >= 4 is 0 Å². The van der Waals surface area contributed by atoms with Gasteiger partial charge >= 0.3 is 0 Å². The molecule has 116 valence electrons. The van der Waals surface area contributed by atoms with E-state index in [-0.39, 0.29) is 0 Å². The molecule has 1 fully saturated rings. The maximum Gasteiger partial charge on any atom is 0.161 e. The zero-order valence-electron chi connectivity index (χ0n) is 12.9. The number of nitrogens with zero attached hydrogens (tertiary/aromatic N) is 1. The first-order valence-electron chi connectivity index (χ1n) is 8.07. The van der Waals surface area contributed by atoms with E-state index in [4.69, 9.17) is 15.2 Å². The van der Waals surface area contributed by atoms with Crippen LogP contribution < -0.4 is 15.2 Å². The molecule has 1 aliphatic carbocycles. The molecule has 0 atom stereocenters. The molecule has 1 aromatic rings. The van der Waals surface area contributed by atoms with Crippen molar-refractivity contribution in [1.82, 2.24) is 4.90 Å². The quantitative estimate of drug-likeness (QED) is 0.929. The van der Waals surface area contributed by atoms with Crippen molar-refractivity contribution in [2.75, 3.05) is 20.3 Å². The molecule has 0 radical (unpaired) electrons. The van der Waals surface area contributed by atoms with Gasteiger partial charge in [-0.05, 0) is 50.4 Å². The van der Waals surface area contributed by atoms with Crippen molar-refractivity contribution < 1.29 is 9.47 Å². The smallest absolute Gasteiger partial charge is 0.161 e. The van der Waals surface area contributed by atoms with Gasteiger partial charge in [-0.2, -0.15) is 0 Å². The van der Waals surface area contributed by atoms with Crippen LogP contribution in [-0.2, 0) is 6.54 Å². The second kappa shape index (κ2) is 6.67. The molecule has 0 saturated heterocycles. The van der Waals surface area contributed by atoms with Gasteiger partial charge in [0, 0.05) is 25.0 Å². The van der Waals surface area contributed by atoms with E-state index >= 15 is 0 Å². The summed E-state index contributed by atoms with van der Waals surface area (Å²) in [4.78, 5) is 2.45. The van der Waals surface area contributed by atoms with Gasteiger partial charge in [-0.1, -0.05) is 6.07 Å². The Morgan fingerprint density at radius 1 is 1.10 bits per heavy atom. The molecule has 2 N–H and O–H groups in total. The lowest BCUT2D eigenvalue weighted by atomic mass is 9.91. The molecule has 0 unspecified atom stereocenters. The van der Waals surface area contributed by atoms with Gasteiger partial charge in [0.25, 0.3) is 0 Å². The topological polar surface area (TPSA) is 47.7 Å². The molecule has 0 aromatic heterocycles. The Labute approximate surface area is 127 Å². The van der Waals surface area contributed by atoms with Crippen LogP contribution in [0.2, 0.25) is 0 Å². The molecule has 4 nitrogen and oxygen atoms in total. The minimum absolute atomic E-state index is 0.410. The van der Waals surface area contributed by atoms with E-state index in [1.54, 1.807) is 0 Å². The highest BCUT2D eigenvalue weighted by molar-refractivity contribution is 5.43. The summed E-state index contributed by atoms with van der Waals surface area (Å²) >= 11 is 0. The summed E-state index contributed by atoms with van der Waals surface area (Å²) in [5, 5.41) is 0. The second-order valence-electron chi connectivity index (χ2n) is 6.32. The zero-order chi connectivity index (χ0) is 14.7. The van der Waals surface area contributed by atoms with Crippen LogP contribution in [0.15, 0.2) is 18.2 Å². The molecule has 0 amide bonds. The summed E-state index contributed by atoms with van der Waals surface area (Å²) in [5.74, 6) is 1.77. The fourth-order valence-corrected chi connectivity index (χ4v) is 3.27. The average Bonchev–Trinajstić information content (AvgIpc) is 2.72. The Kier molecular flexibility index (Phi) is 4.66. The molecule has 4 heteroatoms. The van der Waals surface area contributed by atoms with Crippen LogP contribution in [0.4, 0.5) is 0 Å². The summed E-state index contributed by atoms with van der Waals surface area (Å²) in [6, 6.07) is 7.39. The van der Waals surface area contributed by atoms with Crippen LogP contribution in [0.3, 0.4) is 0 Å². The third-order valence-electron chi connectivity index (χ3n) is 4.61. The lowest BCUT2D eigenvalue weighted by Gasteiger charge is -2.33. The number of hydrogen-bond donors (Lipinski definition) is 1. The van der Waals surface area contributed by atoms with Gasteiger partial charge in [-0.25, -0.2) is 0 Å². The highest BCUT2D eigenvalue weighted by atomic mass is 16.5. The van der Waals surface area contributed by atoms with Crippen LogP contribution in [-0.4, -0.2) is 37.2 Å². The number of nitrogens with two attached hydrogens (primary N) is 1. The fourth-order valence-electron chi connectivity index (χ4n) is 3.27. The van der Waals surface area contributed by atoms with Gasteiger partial charge in [0.15, 0.2) is 11.5 Å². The van der Waals surface area contributed by atoms with Crippen LogP contribution in [0.25, 0.3) is 0 Å². The SMILES string of the molecule is CN(Cc1ccc2c(c1)OCCCO2)C1CCC(N)CC1. The second-order valence-corrected chi connectivity index (χ2v) is 6.32. The van der Waals surface area contributed by atoms with Gasteiger partial charge < -0.3 is 15.2 Å². The van der Waals surface area contributed by atoms with E-state index in [1.807, 2.05) is 6.07 Å². The Hall–Kier alpha value is -1.26. The standard InChI is InChI=1S/C17H26N2O2/c1-19(15-6-4-14(18)5-7-15)12-13-3-8-16-17(11-13)21-10-2-9-20-16/h3,8,11,14-15H,2,4-7,9-10,12,18H2,1H3.